The molecule has 44 heavy (non-hydrogen) atoms. The number of hydrogen-bond acceptors (Lipinski definition) is 6. The normalized spacial score (nSPS) is 15.2. The number of phosphoric acid groups is 1. The molecule has 0 aromatic rings. The molecule has 9 heteroatoms. The summed E-state index contributed by atoms with van der Waals surface area (Å²) in [5.41, 5.74) is 0. The van der Waals surface area contributed by atoms with E-state index in [0.717, 1.165) is 64.2 Å². The second-order valence-corrected chi connectivity index (χ2v) is 14.6. The molecule has 0 aromatic carbocycles. The number of aliphatic hydroxyl groups is 1. The van der Waals surface area contributed by atoms with Gasteiger partial charge < -0.3 is 28.8 Å². The predicted molar refractivity (Wildman–Crippen MR) is 182 cm³/mol. The number of phosphoric ester groups is 1. The zero-order valence-corrected chi connectivity index (χ0v) is 30.0. The molecule has 1 amide bonds. The first kappa shape index (κ1) is 43.0. The summed E-state index contributed by atoms with van der Waals surface area (Å²) in [6, 6.07) is -0.884. The topological polar surface area (TPSA) is 108 Å². The Morgan fingerprint density at radius 2 is 1.27 bits per heavy atom. The van der Waals surface area contributed by atoms with Gasteiger partial charge in [0.15, 0.2) is 0 Å². The summed E-state index contributed by atoms with van der Waals surface area (Å²) in [5.74, 6) is -0.212. The van der Waals surface area contributed by atoms with Crippen LogP contribution in [-0.2, 0) is 18.4 Å². The number of rotatable bonds is 31. The number of likely N-dealkylation sites (N-methyl/N-ethyl adjacent to an activating group) is 1. The quantitative estimate of drug-likeness (QED) is 0.0343. The SMILES string of the molecule is CCCC/C=C\CCCCCCCC(=O)NC(COP(=O)([O-])OCC[N+](C)(C)C)C(O)/C=C/CCCCCCCCCCC. The largest absolute Gasteiger partial charge is 0.756 e. The predicted octanol–water partition coefficient (Wildman–Crippen LogP) is 7.99. The minimum Gasteiger partial charge on any atom is -0.756 e. The van der Waals surface area contributed by atoms with E-state index in [9.17, 15) is 19.4 Å². The van der Waals surface area contributed by atoms with Gasteiger partial charge in [-0.15, -0.1) is 0 Å². The molecule has 0 saturated carbocycles. The molecule has 0 spiro atoms. The third-order valence-corrected chi connectivity index (χ3v) is 8.62. The van der Waals surface area contributed by atoms with E-state index in [1.54, 1.807) is 6.08 Å². The third kappa shape index (κ3) is 29.7. The highest BCUT2D eigenvalue weighted by molar-refractivity contribution is 7.45. The molecule has 0 aliphatic rings. The Morgan fingerprint density at radius 1 is 0.773 bits per heavy atom. The van der Waals surface area contributed by atoms with Crippen molar-refractivity contribution in [1.82, 2.24) is 5.32 Å². The molecule has 3 atom stereocenters. The number of carbonyl (C=O) groups is 1. The van der Waals surface area contributed by atoms with E-state index < -0.39 is 20.0 Å². The van der Waals surface area contributed by atoms with Crippen LogP contribution in [0.2, 0.25) is 0 Å². The number of hydrogen-bond donors (Lipinski definition) is 2. The van der Waals surface area contributed by atoms with Crippen LogP contribution in [0, 0.1) is 0 Å². The summed E-state index contributed by atoms with van der Waals surface area (Å²) < 4.78 is 23.0. The molecule has 0 radical (unpaired) electrons. The number of nitrogens with zero attached hydrogens (tertiary/aromatic N) is 1. The van der Waals surface area contributed by atoms with Crippen LogP contribution >= 0.6 is 7.82 Å². The standard InChI is InChI=1S/C35H69N2O6P/c1-6-8-10-12-14-16-18-20-22-24-26-28-34(38)33(32-43-44(40,41)42-31-30-37(3,4)5)36-35(39)29-27-25-23-21-19-17-15-13-11-9-7-2/h13,15,26,28,33-34,38H,6-12,14,16-25,27,29-32H2,1-5H3,(H-,36,39,40,41)/b15-13-,28-26+. The molecule has 0 saturated heterocycles. The van der Waals surface area contributed by atoms with E-state index >= 15 is 0 Å². The van der Waals surface area contributed by atoms with Crippen LogP contribution in [0.3, 0.4) is 0 Å². The van der Waals surface area contributed by atoms with Gasteiger partial charge in [0.25, 0.3) is 7.82 Å². The molecule has 0 rings (SSSR count). The van der Waals surface area contributed by atoms with Crippen LogP contribution in [0.1, 0.15) is 142 Å². The molecular weight excluding hydrogens is 575 g/mol. The van der Waals surface area contributed by atoms with Crippen molar-refractivity contribution in [2.75, 3.05) is 40.9 Å². The Kier molecular flexibility index (Phi) is 27.6. The summed E-state index contributed by atoms with van der Waals surface area (Å²) in [4.78, 5) is 25.0. The van der Waals surface area contributed by atoms with Gasteiger partial charge in [0.05, 0.1) is 39.9 Å². The van der Waals surface area contributed by atoms with E-state index in [1.165, 1.54) is 57.8 Å². The summed E-state index contributed by atoms with van der Waals surface area (Å²) in [5, 5.41) is 13.6. The average molecular weight is 645 g/mol. The summed E-state index contributed by atoms with van der Waals surface area (Å²) >= 11 is 0. The zero-order valence-electron chi connectivity index (χ0n) is 29.1. The molecule has 0 heterocycles. The maximum Gasteiger partial charge on any atom is 0.268 e. The molecule has 0 aliphatic heterocycles. The fourth-order valence-corrected chi connectivity index (χ4v) is 5.44. The fraction of sp³-hybridized carbons (Fsp3) is 0.857. The van der Waals surface area contributed by atoms with Gasteiger partial charge in [-0.05, 0) is 38.5 Å². The number of carbonyl (C=O) groups excluding carboxylic acids is 1. The van der Waals surface area contributed by atoms with E-state index in [2.05, 4.69) is 31.3 Å². The zero-order chi connectivity index (χ0) is 32.9. The van der Waals surface area contributed by atoms with E-state index in [4.69, 9.17) is 9.05 Å². The Morgan fingerprint density at radius 3 is 1.84 bits per heavy atom. The van der Waals surface area contributed by atoms with Crippen molar-refractivity contribution >= 4 is 13.7 Å². The average Bonchev–Trinajstić information content (AvgIpc) is 2.95. The van der Waals surface area contributed by atoms with Crippen molar-refractivity contribution < 1.29 is 32.9 Å². The Labute approximate surface area is 271 Å². The smallest absolute Gasteiger partial charge is 0.268 e. The Bertz CT molecular complexity index is 784. The van der Waals surface area contributed by atoms with Crippen LogP contribution < -0.4 is 10.2 Å². The van der Waals surface area contributed by atoms with Crippen LogP contribution in [0.15, 0.2) is 24.3 Å². The third-order valence-electron chi connectivity index (χ3n) is 7.66. The number of nitrogens with one attached hydrogen (secondary N) is 1. The van der Waals surface area contributed by atoms with Crippen LogP contribution in [0.25, 0.3) is 0 Å². The first-order valence-corrected chi connectivity index (χ1v) is 19.2. The van der Waals surface area contributed by atoms with Crippen LogP contribution in [-0.4, -0.2) is 68.5 Å². The molecule has 0 fully saturated rings. The number of aliphatic hydroxyl groups excluding tert-OH is 1. The van der Waals surface area contributed by atoms with Crippen molar-refractivity contribution in [3.05, 3.63) is 24.3 Å². The minimum absolute atomic E-state index is 0.00234. The minimum atomic E-state index is -4.57. The van der Waals surface area contributed by atoms with Crippen LogP contribution in [0.4, 0.5) is 0 Å². The lowest BCUT2D eigenvalue weighted by Gasteiger charge is -2.29. The number of amides is 1. The second kappa shape index (κ2) is 28.2. The lowest BCUT2D eigenvalue weighted by atomic mass is 10.1. The first-order chi connectivity index (χ1) is 21.0. The van der Waals surface area contributed by atoms with Gasteiger partial charge in [0.2, 0.25) is 5.91 Å². The molecular formula is C35H69N2O6P. The Balaban J connectivity index is 4.62. The highest BCUT2D eigenvalue weighted by atomic mass is 31.2. The lowest BCUT2D eigenvalue weighted by Crippen LogP contribution is -2.45. The van der Waals surface area contributed by atoms with Gasteiger partial charge in [-0.2, -0.15) is 0 Å². The number of unbranched alkanes of at least 4 members (excludes halogenated alkanes) is 16. The molecule has 2 N–H and O–H groups in total. The summed E-state index contributed by atoms with van der Waals surface area (Å²) in [6.45, 7) is 4.55. The van der Waals surface area contributed by atoms with Gasteiger partial charge in [-0.1, -0.05) is 122 Å². The second-order valence-electron chi connectivity index (χ2n) is 13.2. The van der Waals surface area contributed by atoms with E-state index in [-0.39, 0.29) is 19.1 Å². The lowest BCUT2D eigenvalue weighted by molar-refractivity contribution is -0.870. The highest BCUT2D eigenvalue weighted by Gasteiger charge is 2.23. The molecule has 8 nitrogen and oxygen atoms in total. The molecule has 260 valence electrons. The van der Waals surface area contributed by atoms with Gasteiger partial charge in [0, 0.05) is 6.42 Å². The van der Waals surface area contributed by atoms with Crippen molar-refractivity contribution in [2.45, 2.75) is 154 Å². The maximum atomic E-state index is 12.7. The molecule has 3 unspecified atom stereocenters. The van der Waals surface area contributed by atoms with Crippen molar-refractivity contribution in [2.24, 2.45) is 0 Å². The highest BCUT2D eigenvalue weighted by Crippen LogP contribution is 2.38. The van der Waals surface area contributed by atoms with Crippen LogP contribution in [0.5, 0.6) is 0 Å². The number of allylic oxidation sites excluding steroid dienone is 3. The Hall–Kier alpha value is -1.02. The van der Waals surface area contributed by atoms with Crippen molar-refractivity contribution in [3.63, 3.8) is 0 Å². The summed E-state index contributed by atoms with van der Waals surface area (Å²) in [7, 11) is 1.25. The summed E-state index contributed by atoms with van der Waals surface area (Å²) in [6.07, 6.45) is 29.3. The fourth-order valence-electron chi connectivity index (χ4n) is 4.72. The monoisotopic (exact) mass is 644 g/mol. The molecule has 0 aromatic heterocycles. The van der Waals surface area contributed by atoms with Gasteiger partial charge in [-0.25, -0.2) is 0 Å². The van der Waals surface area contributed by atoms with Crippen molar-refractivity contribution in [1.29, 1.82) is 0 Å². The van der Waals surface area contributed by atoms with E-state index in [1.807, 2.05) is 27.2 Å². The van der Waals surface area contributed by atoms with Gasteiger partial charge in [0.1, 0.15) is 13.2 Å². The maximum absolute atomic E-state index is 12.7. The van der Waals surface area contributed by atoms with Crippen molar-refractivity contribution in [3.8, 4) is 0 Å². The first-order valence-electron chi connectivity index (χ1n) is 17.7. The number of quaternary nitrogens is 1. The molecule has 0 bridgehead atoms. The van der Waals surface area contributed by atoms with Gasteiger partial charge in [-0.3, -0.25) is 9.36 Å². The van der Waals surface area contributed by atoms with Gasteiger partial charge >= 0.3 is 0 Å². The van der Waals surface area contributed by atoms with E-state index in [0.29, 0.717) is 17.4 Å². The molecule has 0 aliphatic carbocycles.